The molecule has 7 nitrogen and oxygen atoms in total. The molecule has 0 unspecified atom stereocenters. The highest BCUT2D eigenvalue weighted by atomic mass is 32.2. The Hall–Kier alpha value is -3.85. The zero-order chi connectivity index (χ0) is 23.3. The number of nitrogens with one attached hydrogen (secondary N) is 1. The third-order valence-corrected chi connectivity index (χ3v) is 7.93. The third-order valence-electron chi connectivity index (χ3n) is 6.11. The van der Waals surface area contributed by atoms with Crippen LogP contribution in [-0.4, -0.2) is 35.5 Å². The molecular formula is C25H20FN5O2S. The van der Waals surface area contributed by atoms with Gasteiger partial charge in [0.1, 0.15) is 23.6 Å². The van der Waals surface area contributed by atoms with Gasteiger partial charge < -0.3 is 4.42 Å². The summed E-state index contributed by atoms with van der Waals surface area (Å²) in [4.78, 5) is 8.88. The van der Waals surface area contributed by atoms with Crippen molar-refractivity contribution in [3.63, 3.8) is 0 Å². The van der Waals surface area contributed by atoms with E-state index in [4.69, 9.17) is 14.3 Å². The molecule has 2 aromatic carbocycles. The predicted octanol–water partition coefficient (Wildman–Crippen LogP) is 5.55. The van der Waals surface area contributed by atoms with E-state index in [0.717, 1.165) is 22.1 Å². The quantitative estimate of drug-likeness (QED) is 0.369. The summed E-state index contributed by atoms with van der Waals surface area (Å²) in [5.41, 5.74) is 4.13. The first-order chi connectivity index (χ1) is 16.5. The average molecular weight is 474 g/mol. The van der Waals surface area contributed by atoms with Gasteiger partial charge in [-0.15, -0.1) is 0 Å². The second kappa shape index (κ2) is 7.88. The van der Waals surface area contributed by atoms with Crippen LogP contribution in [0.15, 0.2) is 77.6 Å². The standard InChI is InChI=1S/C25H20FN5O2S/c26-18-8-6-17(7-9-18)23-21(13-31(30-23)19-10-11-34(27,32)14-19)24-20-12-22(16-4-2-1-3-5-16)33-25(20)29-15-28-24/h1-9,12-13,15,19,27H,10-11,14H2/t19-,34-/m0/s1. The number of furan rings is 1. The van der Waals surface area contributed by atoms with Crippen LogP contribution in [0.2, 0.25) is 0 Å². The molecule has 3 aromatic heterocycles. The minimum Gasteiger partial charge on any atom is -0.438 e. The monoisotopic (exact) mass is 473 g/mol. The number of benzene rings is 2. The molecule has 4 heterocycles. The maximum absolute atomic E-state index is 13.6. The fourth-order valence-electron chi connectivity index (χ4n) is 4.40. The lowest BCUT2D eigenvalue weighted by molar-refractivity contribution is 0.502. The van der Waals surface area contributed by atoms with E-state index in [9.17, 15) is 8.60 Å². The van der Waals surface area contributed by atoms with E-state index in [1.54, 1.807) is 16.8 Å². The molecular weight excluding hydrogens is 453 g/mol. The Morgan fingerprint density at radius 2 is 1.82 bits per heavy atom. The molecule has 1 aliphatic rings. The van der Waals surface area contributed by atoms with E-state index >= 15 is 0 Å². The minimum absolute atomic E-state index is 0.139. The molecule has 2 atom stereocenters. The van der Waals surface area contributed by atoms with Crippen molar-refractivity contribution in [2.45, 2.75) is 12.5 Å². The summed E-state index contributed by atoms with van der Waals surface area (Å²) >= 11 is 0. The molecule has 9 heteroatoms. The van der Waals surface area contributed by atoms with Gasteiger partial charge in [-0.05, 0) is 36.8 Å². The van der Waals surface area contributed by atoms with Gasteiger partial charge >= 0.3 is 0 Å². The van der Waals surface area contributed by atoms with Crippen molar-refractivity contribution in [3.05, 3.63) is 79.0 Å². The lowest BCUT2D eigenvalue weighted by atomic mass is 10.0. The highest BCUT2D eigenvalue weighted by molar-refractivity contribution is 7.92. The van der Waals surface area contributed by atoms with Crippen molar-refractivity contribution in [2.75, 3.05) is 11.5 Å². The largest absolute Gasteiger partial charge is 0.438 e. The maximum Gasteiger partial charge on any atom is 0.230 e. The van der Waals surface area contributed by atoms with Gasteiger partial charge in [0.25, 0.3) is 0 Å². The van der Waals surface area contributed by atoms with Gasteiger partial charge in [-0.3, -0.25) is 9.46 Å². The van der Waals surface area contributed by atoms with Crippen LogP contribution in [0.25, 0.3) is 44.9 Å². The van der Waals surface area contributed by atoms with Crippen LogP contribution in [0, 0.1) is 10.6 Å². The molecule has 170 valence electrons. The Morgan fingerprint density at radius 3 is 2.56 bits per heavy atom. The number of nitrogens with zero attached hydrogens (tertiary/aromatic N) is 4. The van der Waals surface area contributed by atoms with Crippen LogP contribution in [0.3, 0.4) is 0 Å². The second-order valence-electron chi connectivity index (χ2n) is 8.42. The number of fused-ring (bicyclic) bond motifs is 1. The van der Waals surface area contributed by atoms with Crippen molar-refractivity contribution in [3.8, 4) is 33.8 Å². The van der Waals surface area contributed by atoms with Crippen molar-refractivity contribution >= 4 is 20.8 Å². The first kappa shape index (κ1) is 20.7. The summed E-state index contributed by atoms with van der Waals surface area (Å²) in [5.74, 6) is 0.970. The van der Waals surface area contributed by atoms with E-state index in [1.165, 1.54) is 18.5 Å². The zero-order valence-electron chi connectivity index (χ0n) is 18.0. The molecule has 0 spiro atoms. The van der Waals surface area contributed by atoms with Crippen molar-refractivity contribution in [1.29, 1.82) is 4.78 Å². The highest BCUT2D eigenvalue weighted by Gasteiger charge is 2.29. The SMILES string of the molecule is N=[S@]1(=O)CC[C@H](n2cc(-c3ncnc4oc(-c5ccccc5)cc34)c(-c3ccc(F)cc3)n2)C1. The summed E-state index contributed by atoms with van der Waals surface area (Å²) in [6.07, 6.45) is 3.95. The van der Waals surface area contributed by atoms with E-state index in [0.29, 0.717) is 35.0 Å². The zero-order valence-corrected chi connectivity index (χ0v) is 18.8. The molecule has 0 bridgehead atoms. The van der Waals surface area contributed by atoms with Crippen LogP contribution < -0.4 is 0 Å². The summed E-state index contributed by atoms with van der Waals surface area (Å²) in [6.45, 7) is 0. The predicted molar refractivity (Wildman–Crippen MR) is 128 cm³/mol. The Morgan fingerprint density at radius 1 is 1.03 bits per heavy atom. The molecule has 34 heavy (non-hydrogen) atoms. The molecule has 1 aliphatic heterocycles. The fraction of sp³-hybridized carbons (Fsp3) is 0.160. The van der Waals surface area contributed by atoms with Crippen molar-refractivity contribution in [2.24, 2.45) is 0 Å². The second-order valence-corrected chi connectivity index (χ2v) is 10.8. The Kier molecular flexibility index (Phi) is 4.80. The van der Waals surface area contributed by atoms with E-state index in [2.05, 4.69) is 9.97 Å². The van der Waals surface area contributed by atoms with Crippen LogP contribution in [0.1, 0.15) is 12.5 Å². The summed E-state index contributed by atoms with van der Waals surface area (Å²) in [7, 11) is -2.60. The molecule has 1 saturated heterocycles. The molecule has 0 amide bonds. The fourth-order valence-corrected chi connectivity index (χ4v) is 6.16. The first-order valence-corrected chi connectivity index (χ1v) is 12.8. The van der Waals surface area contributed by atoms with E-state index in [-0.39, 0.29) is 17.6 Å². The van der Waals surface area contributed by atoms with Gasteiger partial charge in [-0.25, -0.2) is 18.6 Å². The number of halogens is 1. The topological polar surface area (TPSA) is 97.7 Å². The molecule has 5 aromatic rings. The summed E-state index contributed by atoms with van der Waals surface area (Å²) in [6, 6.07) is 17.7. The Bertz CT molecular complexity index is 1610. The normalized spacial score (nSPS) is 20.2. The Labute approximate surface area is 195 Å². The van der Waals surface area contributed by atoms with Gasteiger partial charge in [0.05, 0.1) is 22.9 Å². The lowest BCUT2D eigenvalue weighted by Crippen LogP contribution is -2.11. The molecule has 6 rings (SSSR count). The van der Waals surface area contributed by atoms with Gasteiger partial charge in [0, 0.05) is 38.4 Å². The third kappa shape index (κ3) is 3.67. The molecule has 1 fully saturated rings. The number of aromatic nitrogens is 4. The first-order valence-electron chi connectivity index (χ1n) is 10.9. The highest BCUT2D eigenvalue weighted by Crippen LogP contribution is 2.38. The molecule has 0 aliphatic carbocycles. The Balaban J connectivity index is 1.53. The summed E-state index contributed by atoms with van der Waals surface area (Å²) in [5, 5.41) is 5.54. The van der Waals surface area contributed by atoms with Crippen LogP contribution in [0.4, 0.5) is 4.39 Å². The maximum atomic E-state index is 13.6. The van der Waals surface area contributed by atoms with Gasteiger partial charge in [-0.1, -0.05) is 30.3 Å². The summed E-state index contributed by atoms with van der Waals surface area (Å²) < 4.78 is 41.7. The smallest absolute Gasteiger partial charge is 0.230 e. The number of hydrogen-bond acceptors (Lipinski definition) is 6. The van der Waals surface area contributed by atoms with Gasteiger partial charge in [0.15, 0.2) is 0 Å². The van der Waals surface area contributed by atoms with Crippen LogP contribution in [0.5, 0.6) is 0 Å². The van der Waals surface area contributed by atoms with Crippen LogP contribution in [-0.2, 0) is 9.73 Å². The molecule has 0 radical (unpaired) electrons. The minimum atomic E-state index is -2.60. The van der Waals surface area contributed by atoms with Crippen molar-refractivity contribution < 1.29 is 13.0 Å². The van der Waals surface area contributed by atoms with Gasteiger partial charge in [-0.2, -0.15) is 5.10 Å². The van der Waals surface area contributed by atoms with E-state index in [1.807, 2.05) is 42.6 Å². The lowest BCUT2D eigenvalue weighted by Gasteiger charge is -2.08. The molecule has 0 saturated carbocycles. The molecule has 1 N–H and O–H groups in total. The van der Waals surface area contributed by atoms with Crippen molar-refractivity contribution in [1.82, 2.24) is 19.7 Å². The van der Waals surface area contributed by atoms with E-state index < -0.39 is 9.73 Å². The average Bonchev–Trinajstić information content (AvgIpc) is 3.56. The number of rotatable bonds is 4. The van der Waals surface area contributed by atoms with Gasteiger partial charge in [0.2, 0.25) is 5.71 Å². The number of hydrogen-bond donors (Lipinski definition) is 1. The van der Waals surface area contributed by atoms with Crippen LogP contribution >= 0.6 is 0 Å².